The molecule has 4 N–H and O–H groups in total. The number of halogens is 6. The van der Waals surface area contributed by atoms with E-state index in [-0.39, 0.29) is 37.0 Å². The molecule has 0 saturated heterocycles. The SMILES string of the molecule is [2H]C([2H])([2H])C(O)(CCC[C@](C)(CC#CC(O)(C(F)(F)F)C(F)(F)F)[C@H]1CCC2C(CC=C3C[C@@H](O)C[C@H](O)C3=C)CCC[C@@]21C)C([2H])([2H])[2H]. The average molecular weight is 629 g/mol. The fourth-order valence-electron chi connectivity index (χ4n) is 8.17. The second kappa shape index (κ2) is 12.7. The van der Waals surface area contributed by atoms with Crippen molar-refractivity contribution >= 4 is 0 Å². The van der Waals surface area contributed by atoms with Gasteiger partial charge in [0.2, 0.25) is 0 Å². The van der Waals surface area contributed by atoms with Gasteiger partial charge in [0.05, 0.1) is 17.8 Å². The van der Waals surface area contributed by atoms with E-state index in [0.717, 1.165) is 24.3 Å². The summed E-state index contributed by atoms with van der Waals surface area (Å²) >= 11 is 0. The Balaban J connectivity index is 1.98. The zero-order valence-electron chi connectivity index (χ0n) is 30.7. The molecule has 43 heavy (non-hydrogen) atoms. The maximum absolute atomic E-state index is 13.4. The molecule has 3 saturated carbocycles. The molecule has 3 aliphatic carbocycles. The van der Waals surface area contributed by atoms with Gasteiger partial charge in [-0.25, -0.2) is 0 Å². The van der Waals surface area contributed by atoms with Crippen molar-refractivity contribution in [2.45, 2.75) is 140 Å². The molecule has 0 aromatic carbocycles. The van der Waals surface area contributed by atoms with Gasteiger partial charge in [-0.15, -0.1) is 0 Å². The standard InChI is InChI=1S/C33H48F6O4/c1-21-23(19-24(40)20-26(21)41)11-10-22-9-6-17-30(5)25(22)12-13-27(30)29(4,15-7-14-28(2,3)42)16-8-18-31(43,32(34,35)36)33(37,38)39/h11,22,24-27,40-43H,1,6-7,9-10,12-17,19-20H2,2-5H3/t22?,24-,25?,26+,27-,29-,30+/m1/s1/i2D3,3D3. The Morgan fingerprint density at radius 3 is 2.30 bits per heavy atom. The van der Waals surface area contributed by atoms with E-state index in [1.54, 1.807) is 6.92 Å². The predicted octanol–water partition coefficient (Wildman–Crippen LogP) is 7.40. The molecule has 0 bridgehead atoms. The molecule has 3 rings (SSSR count). The smallest absolute Gasteiger partial charge is 0.393 e. The lowest BCUT2D eigenvalue weighted by Crippen LogP contribution is -2.55. The lowest BCUT2D eigenvalue weighted by atomic mass is 9.54. The Bertz CT molecular complexity index is 1270. The Labute approximate surface area is 260 Å². The molecule has 7 atom stereocenters. The van der Waals surface area contributed by atoms with Gasteiger partial charge in [0.1, 0.15) is 0 Å². The summed E-state index contributed by atoms with van der Waals surface area (Å²) in [5.74, 6) is 2.88. The fourth-order valence-corrected chi connectivity index (χ4v) is 8.17. The van der Waals surface area contributed by atoms with E-state index in [1.165, 1.54) is 0 Å². The van der Waals surface area contributed by atoms with Crippen LogP contribution >= 0.6 is 0 Å². The molecule has 0 heterocycles. The van der Waals surface area contributed by atoms with Crippen LogP contribution in [0.5, 0.6) is 0 Å². The highest BCUT2D eigenvalue weighted by molar-refractivity contribution is 5.35. The van der Waals surface area contributed by atoms with Gasteiger partial charge in [0.25, 0.3) is 0 Å². The van der Waals surface area contributed by atoms with Crippen molar-refractivity contribution in [1.29, 1.82) is 0 Å². The van der Waals surface area contributed by atoms with Crippen molar-refractivity contribution in [1.82, 2.24) is 0 Å². The molecule has 0 aromatic rings. The summed E-state index contributed by atoms with van der Waals surface area (Å²) in [5, 5.41) is 40.9. The Kier molecular flexibility index (Phi) is 8.19. The van der Waals surface area contributed by atoms with Crippen molar-refractivity contribution < 1.29 is 55.0 Å². The minimum absolute atomic E-state index is 0.0656. The Morgan fingerprint density at radius 1 is 1.05 bits per heavy atom. The number of allylic oxidation sites excluding steroid dienone is 1. The van der Waals surface area contributed by atoms with Crippen molar-refractivity contribution in [3.63, 3.8) is 0 Å². The van der Waals surface area contributed by atoms with E-state index in [9.17, 15) is 46.8 Å². The van der Waals surface area contributed by atoms with Gasteiger partial charge in [-0.05, 0) is 111 Å². The quantitative estimate of drug-likeness (QED) is 0.167. The topological polar surface area (TPSA) is 80.9 Å². The molecule has 10 heteroatoms. The van der Waals surface area contributed by atoms with Crippen LogP contribution in [-0.2, 0) is 0 Å². The lowest BCUT2D eigenvalue weighted by Gasteiger charge is -2.51. The minimum atomic E-state index is -6.14. The van der Waals surface area contributed by atoms with E-state index in [1.807, 2.05) is 18.9 Å². The summed E-state index contributed by atoms with van der Waals surface area (Å²) < 4.78 is 127. The van der Waals surface area contributed by atoms with Gasteiger partial charge in [0.15, 0.2) is 0 Å². The maximum atomic E-state index is 13.4. The van der Waals surface area contributed by atoms with Crippen molar-refractivity contribution in [2.75, 3.05) is 0 Å². The van der Waals surface area contributed by atoms with Gasteiger partial charge in [-0.3, -0.25) is 0 Å². The van der Waals surface area contributed by atoms with Crippen LogP contribution < -0.4 is 0 Å². The molecule has 2 unspecified atom stereocenters. The highest BCUT2D eigenvalue weighted by atomic mass is 19.4. The largest absolute Gasteiger partial charge is 0.438 e. The van der Waals surface area contributed by atoms with Gasteiger partial charge in [-0.2, -0.15) is 26.3 Å². The van der Waals surface area contributed by atoms with Crippen LogP contribution in [0, 0.1) is 40.4 Å². The summed E-state index contributed by atoms with van der Waals surface area (Å²) in [4.78, 5) is 0. The molecule has 246 valence electrons. The molecule has 0 aliphatic heterocycles. The summed E-state index contributed by atoms with van der Waals surface area (Å²) in [7, 11) is 0. The van der Waals surface area contributed by atoms with Crippen molar-refractivity contribution in [3.8, 4) is 11.8 Å². The molecular weight excluding hydrogens is 574 g/mol. The first-order valence-electron chi connectivity index (χ1n) is 17.9. The van der Waals surface area contributed by atoms with E-state index >= 15 is 0 Å². The minimum Gasteiger partial charge on any atom is -0.393 e. The highest BCUT2D eigenvalue weighted by Gasteiger charge is 2.70. The van der Waals surface area contributed by atoms with E-state index in [4.69, 9.17) is 8.22 Å². The number of hydrogen-bond donors (Lipinski definition) is 4. The normalized spacial score (nSPS) is 35.8. The summed E-state index contributed by atoms with van der Waals surface area (Å²) in [5.41, 5.74) is -8.70. The molecule has 0 aromatic heterocycles. The first-order chi connectivity index (χ1) is 22.0. The molecular formula is C33H48F6O4. The van der Waals surface area contributed by atoms with E-state index in [0.29, 0.717) is 37.7 Å². The first kappa shape index (κ1) is 27.7. The maximum Gasteiger partial charge on any atom is 0.438 e. The van der Waals surface area contributed by atoms with Crippen LogP contribution in [0.3, 0.4) is 0 Å². The summed E-state index contributed by atoms with van der Waals surface area (Å²) in [6.07, 6.45) is -8.80. The molecule has 0 amide bonds. The van der Waals surface area contributed by atoms with Crippen molar-refractivity contribution in [2.24, 2.45) is 28.6 Å². The highest BCUT2D eigenvalue weighted by Crippen LogP contribution is 2.64. The van der Waals surface area contributed by atoms with Gasteiger partial charge >= 0.3 is 18.0 Å². The van der Waals surface area contributed by atoms with Crippen LogP contribution in [-0.4, -0.2) is 56.2 Å². The van der Waals surface area contributed by atoms with Crippen LogP contribution in [0.15, 0.2) is 23.8 Å². The number of rotatable bonds is 8. The van der Waals surface area contributed by atoms with Crippen molar-refractivity contribution in [3.05, 3.63) is 23.8 Å². The number of fused-ring (bicyclic) bond motifs is 1. The summed E-state index contributed by atoms with van der Waals surface area (Å²) in [6.45, 7) is 0.996. The molecule has 0 spiro atoms. The second-order valence-electron chi connectivity index (χ2n) is 13.5. The third-order valence-corrected chi connectivity index (χ3v) is 10.4. The zero-order chi connectivity index (χ0) is 37.6. The molecule has 4 nitrogen and oxygen atoms in total. The number of hydrogen-bond acceptors (Lipinski definition) is 4. The third kappa shape index (κ3) is 7.82. The zero-order valence-corrected chi connectivity index (χ0v) is 24.7. The fraction of sp³-hybridized carbons (Fsp3) is 0.818. The van der Waals surface area contributed by atoms with E-state index < -0.39 is 73.1 Å². The van der Waals surface area contributed by atoms with Gasteiger partial charge in [-0.1, -0.05) is 45.3 Å². The Morgan fingerprint density at radius 2 is 1.70 bits per heavy atom. The number of alkyl halides is 6. The molecule has 3 fully saturated rings. The Hall–Kier alpha value is -1.54. The van der Waals surface area contributed by atoms with Crippen LogP contribution in [0.1, 0.15) is 113 Å². The molecule has 3 aliphatic rings. The summed E-state index contributed by atoms with van der Waals surface area (Å²) in [6, 6.07) is 0. The molecule has 0 radical (unpaired) electrons. The van der Waals surface area contributed by atoms with E-state index in [2.05, 4.69) is 6.58 Å². The third-order valence-electron chi connectivity index (χ3n) is 10.4. The lowest BCUT2D eigenvalue weighted by molar-refractivity contribution is -0.343. The van der Waals surface area contributed by atoms with Crippen LogP contribution in [0.4, 0.5) is 26.3 Å². The second-order valence-corrected chi connectivity index (χ2v) is 13.5. The first-order valence-corrected chi connectivity index (χ1v) is 14.9. The monoisotopic (exact) mass is 628 g/mol. The predicted molar refractivity (Wildman–Crippen MR) is 152 cm³/mol. The number of aliphatic hydroxyl groups is 4. The van der Waals surface area contributed by atoms with Gasteiger partial charge in [0, 0.05) is 21.1 Å². The number of aliphatic hydroxyl groups excluding tert-OH is 2. The van der Waals surface area contributed by atoms with Crippen LogP contribution in [0.2, 0.25) is 0 Å². The van der Waals surface area contributed by atoms with Crippen LogP contribution in [0.25, 0.3) is 0 Å². The average Bonchev–Trinajstić information content (AvgIpc) is 3.29. The van der Waals surface area contributed by atoms with Gasteiger partial charge < -0.3 is 20.4 Å².